The number of halogens is 3. The number of aromatic amines is 1. The second kappa shape index (κ2) is 6.92. The van der Waals surface area contributed by atoms with Gasteiger partial charge in [-0.05, 0) is 48.2 Å². The molecule has 1 N–H and O–H groups in total. The molecule has 4 rings (SSSR count). The third-order valence-corrected chi connectivity index (χ3v) is 4.41. The highest BCUT2D eigenvalue weighted by Crippen LogP contribution is 2.32. The molecule has 0 aliphatic rings. The molecule has 136 valence electrons. The number of fused-ring (bicyclic) bond motifs is 1. The Hall–Kier alpha value is -3.07. The number of hydrogen-bond donors (Lipinski definition) is 1. The zero-order chi connectivity index (χ0) is 18.9. The molecule has 27 heavy (non-hydrogen) atoms. The van der Waals surface area contributed by atoms with E-state index in [9.17, 15) is 13.2 Å². The topological polar surface area (TPSA) is 63.7 Å². The monoisotopic (exact) mass is 388 g/mol. The predicted molar refractivity (Wildman–Crippen MR) is 93.8 cm³/mol. The van der Waals surface area contributed by atoms with Gasteiger partial charge in [-0.1, -0.05) is 12.1 Å². The molecule has 9 heteroatoms. The molecule has 0 unspecified atom stereocenters. The van der Waals surface area contributed by atoms with Crippen LogP contribution in [0.5, 0.6) is 11.6 Å². The Morgan fingerprint density at radius 3 is 2.48 bits per heavy atom. The Bertz CT molecular complexity index is 1050. The van der Waals surface area contributed by atoms with Crippen LogP contribution in [0, 0.1) is 0 Å². The number of aromatic nitrogens is 4. The Morgan fingerprint density at radius 2 is 1.74 bits per heavy atom. The summed E-state index contributed by atoms with van der Waals surface area (Å²) in [6.07, 6.45) is -3.06. The van der Waals surface area contributed by atoms with E-state index in [4.69, 9.17) is 4.74 Å². The molecule has 0 spiro atoms. The van der Waals surface area contributed by atoms with Crippen LogP contribution in [-0.2, 0) is 6.18 Å². The normalized spacial score (nSPS) is 11.7. The number of benzene rings is 2. The van der Waals surface area contributed by atoms with E-state index in [0.29, 0.717) is 10.2 Å². The number of ether oxygens (including phenoxy) is 1. The van der Waals surface area contributed by atoms with E-state index in [1.807, 2.05) is 24.3 Å². The van der Waals surface area contributed by atoms with Gasteiger partial charge in [0.25, 0.3) is 0 Å². The fraction of sp³-hybridized carbons (Fsp3) is 0.0556. The lowest BCUT2D eigenvalue weighted by Gasteiger charge is -2.08. The third-order valence-electron chi connectivity index (χ3n) is 3.59. The van der Waals surface area contributed by atoms with Gasteiger partial charge in [0.1, 0.15) is 17.1 Å². The van der Waals surface area contributed by atoms with Gasteiger partial charge < -0.3 is 9.72 Å². The summed E-state index contributed by atoms with van der Waals surface area (Å²) in [6.45, 7) is 0. The molecule has 0 aliphatic heterocycles. The Kier molecular flexibility index (Phi) is 4.44. The number of nitrogens with one attached hydrogen (secondary N) is 1. The van der Waals surface area contributed by atoms with Gasteiger partial charge in [0.2, 0.25) is 5.88 Å². The lowest BCUT2D eigenvalue weighted by molar-refractivity contribution is -0.137. The molecule has 0 aliphatic carbocycles. The van der Waals surface area contributed by atoms with Crippen molar-refractivity contribution in [3.05, 3.63) is 66.5 Å². The maximum atomic E-state index is 12.6. The van der Waals surface area contributed by atoms with Crippen LogP contribution in [-0.4, -0.2) is 19.9 Å². The summed E-state index contributed by atoms with van der Waals surface area (Å²) in [6, 6.07) is 13.6. The molecule has 0 fully saturated rings. The Balaban J connectivity index is 1.50. The van der Waals surface area contributed by atoms with Crippen molar-refractivity contribution in [1.29, 1.82) is 0 Å². The summed E-state index contributed by atoms with van der Waals surface area (Å²) in [7, 11) is 0. The molecular weight excluding hydrogens is 377 g/mol. The van der Waals surface area contributed by atoms with Gasteiger partial charge in [-0.3, -0.25) is 0 Å². The molecule has 0 atom stereocenters. The second-order valence-corrected chi connectivity index (χ2v) is 6.49. The summed E-state index contributed by atoms with van der Waals surface area (Å²) < 4.78 is 43.4. The van der Waals surface area contributed by atoms with Crippen molar-refractivity contribution in [3.63, 3.8) is 0 Å². The van der Waals surface area contributed by atoms with Crippen LogP contribution < -0.4 is 4.74 Å². The van der Waals surface area contributed by atoms with Crippen LogP contribution in [0.4, 0.5) is 13.2 Å². The summed E-state index contributed by atoms with van der Waals surface area (Å²) in [5.74, 6) is 0.477. The fourth-order valence-corrected chi connectivity index (χ4v) is 3.11. The van der Waals surface area contributed by atoms with E-state index in [0.717, 1.165) is 23.2 Å². The van der Waals surface area contributed by atoms with E-state index >= 15 is 0 Å². The number of para-hydroxylation sites is 2. The van der Waals surface area contributed by atoms with Gasteiger partial charge in [0.15, 0.2) is 5.16 Å². The van der Waals surface area contributed by atoms with Crippen molar-refractivity contribution in [1.82, 2.24) is 19.9 Å². The minimum absolute atomic E-state index is 0.225. The van der Waals surface area contributed by atoms with Crippen molar-refractivity contribution in [3.8, 4) is 11.6 Å². The summed E-state index contributed by atoms with van der Waals surface area (Å²) in [4.78, 5) is 15.8. The quantitative estimate of drug-likeness (QED) is 0.480. The van der Waals surface area contributed by atoms with Crippen molar-refractivity contribution >= 4 is 22.8 Å². The largest absolute Gasteiger partial charge is 0.439 e. The molecule has 2 heterocycles. The van der Waals surface area contributed by atoms with E-state index in [1.54, 1.807) is 6.07 Å². The maximum Gasteiger partial charge on any atom is 0.416 e. The molecule has 0 bridgehead atoms. The van der Waals surface area contributed by atoms with Gasteiger partial charge >= 0.3 is 6.18 Å². The van der Waals surface area contributed by atoms with E-state index in [1.165, 1.54) is 30.2 Å². The van der Waals surface area contributed by atoms with Gasteiger partial charge in [-0.2, -0.15) is 13.2 Å². The minimum Gasteiger partial charge on any atom is -0.439 e. The highest BCUT2D eigenvalue weighted by molar-refractivity contribution is 7.99. The Labute approximate surface area is 155 Å². The lowest BCUT2D eigenvalue weighted by atomic mass is 10.2. The van der Waals surface area contributed by atoms with Crippen LogP contribution in [0.3, 0.4) is 0 Å². The third kappa shape index (κ3) is 4.03. The first-order valence-electron chi connectivity index (χ1n) is 7.77. The average molecular weight is 388 g/mol. The van der Waals surface area contributed by atoms with E-state index in [2.05, 4.69) is 19.9 Å². The minimum atomic E-state index is -4.39. The van der Waals surface area contributed by atoms with Crippen LogP contribution in [0.2, 0.25) is 0 Å². The van der Waals surface area contributed by atoms with Gasteiger partial charge in [0.05, 0.1) is 16.6 Å². The number of rotatable bonds is 4. The maximum absolute atomic E-state index is 12.6. The highest BCUT2D eigenvalue weighted by atomic mass is 32.2. The Morgan fingerprint density at radius 1 is 0.963 bits per heavy atom. The first kappa shape index (κ1) is 17.3. The summed E-state index contributed by atoms with van der Waals surface area (Å²) in [5, 5.41) is 1.25. The van der Waals surface area contributed by atoms with Gasteiger partial charge in [-0.15, -0.1) is 0 Å². The zero-order valence-corrected chi connectivity index (χ0v) is 14.4. The zero-order valence-electron chi connectivity index (χ0n) is 13.6. The molecule has 0 amide bonds. The first-order chi connectivity index (χ1) is 13.0. The average Bonchev–Trinajstić information content (AvgIpc) is 3.04. The van der Waals surface area contributed by atoms with Crippen LogP contribution >= 0.6 is 11.8 Å². The molecule has 0 radical (unpaired) electrons. The van der Waals surface area contributed by atoms with Crippen LogP contribution in [0.1, 0.15) is 5.56 Å². The van der Waals surface area contributed by atoms with Crippen molar-refractivity contribution in [2.24, 2.45) is 0 Å². The molecule has 0 saturated heterocycles. The highest BCUT2D eigenvalue weighted by Gasteiger charge is 2.30. The smallest absolute Gasteiger partial charge is 0.416 e. The van der Waals surface area contributed by atoms with Crippen molar-refractivity contribution < 1.29 is 17.9 Å². The molecule has 5 nitrogen and oxygen atoms in total. The molecule has 2 aromatic heterocycles. The van der Waals surface area contributed by atoms with Crippen LogP contribution in [0.15, 0.2) is 71.1 Å². The molecule has 0 saturated carbocycles. The predicted octanol–water partition coefficient (Wildman–Crippen LogP) is 5.32. The lowest BCUT2D eigenvalue weighted by Crippen LogP contribution is -2.04. The van der Waals surface area contributed by atoms with E-state index in [-0.39, 0.29) is 11.6 Å². The number of nitrogens with zero attached hydrogens (tertiary/aromatic N) is 3. The van der Waals surface area contributed by atoms with Crippen molar-refractivity contribution in [2.45, 2.75) is 16.4 Å². The number of imidazole rings is 1. The summed E-state index contributed by atoms with van der Waals surface area (Å²) in [5.41, 5.74) is 1.02. The van der Waals surface area contributed by atoms with Crippen molar-refractivity contribution in [2.75, 3.05) is 0 Å². The van der Waals surface area contributed by atoms with Gasteiger partial charge in [-0.25, -0.2) is 15.0 Å². The first-order valence-corrected chi connectivity index (χ1v) is 8.59. The SMILES string of the molecule is FC(F)(F)c1ccc(Oc2cc(Sc3nc4ccccc4[nH]3)ncn2)cc1. The summed E-state index contributed by atoms with van der Waals surface area (Å²) >= 11 is 1.30. The molecule has 2 aromatic carbocycles. The molecule has 4 aromatic rings. The number of alkyl halides is 3. The fourth-order valence-electron chi connectivity index (χ4n) is 2.34. The standard InChI is InChI=1S/C18H11F3N4OS/c19-18(20,21)11-5-7-12(8-6-11)26-15-9-16(23-10-22-15)27-17-24-13-3-1-2-4-14(13)25-17/h1-10H,(H,24,25). The van der Waals surface area contributed by atoms with Gasteiger partial charge in [0, 0.05) is 6.07 Å². The number of hydrogen-bond acceptors (Lipinski definition) is 5. The number of H-pyrrole nitrogens is 1. The van der Waals surface area contributed by atoms with E-state index < -0.39 is 11.7 Å². The van der Waals surface area contributed by atoms with Crippen LogP contribution in [0.25, 0.3) is 11.0 Å². The second-order valence-electron chi connectivity index (χ2n) is 5.48. The molecular formula is C18H11F3N4OS.